The van der Waals surface area contributed by atoms with Crippen molar-refractivity contribution in [2.75, 3.05) is 0 Å². The molecule has 1 aliphatic carbocycles. The summed E-state index contributed by atoms with van der Waals surface area (Å²) in [7, 11) is 0. The van der Waals surface area contributed by atoms with Crippen molar-refractivity contribution in [1.82, 2.24) is 15.5 Å². The van der Waals surface area contributed by atoms with Crippen LogP contribution in [0.2, 0.25) is 0 Å². The van der Waals surface area contributed by atoms with Crippen molar-refractivity contribution in [2.24, 2.45) is 0 Å². The Morgan fingerprint density at radius 1 is 1.60 bits per heavy atom. The maximum absolute atomic E-state index is 11.7. The fourth-order valence-electron chi connectivity index (χ4n) is 1.38. The predicted molar refractivity (Wildman–Crippen MR) is 50.4 cm³/mol. The van der Waals surface area contributed by atoms with Crippen molar-refractivity contribution >= 4 is 11.9 Å². The number of aliphatic carboxylic acids is 1. The third-order valence-electron chi connectivity index (χ3n) is 2.59. The minimum atomic E-state index is -1.04. The Morgan fingerprint density at radius 2 is 2.27 bits per heavy atom. The van der Waals surface area contributed by atoms with Crippen LogP contribution in [0.3, 0.4) is 0 Å². The molecule has 1 saturated carbocycles. The van der Waals surface area contributed by atoms with Gasteiger partial charge in [0.25, 0.3) is 5.91 Å². The molecule has 0 aliphatic heterocycles. The molecule has 2 rings (SSSR count). The van der Waals surface area contributed by atoms with E-state index in [1.165, 1.54) is 6.20 Å². The van der Waals surface area contributed by atoms with Crippen molar-refractivity contribution in [3.63, 3.8) is 0 Å². The number of rotatable bonds is 3. The Kier molecular flexibility index (Phi) is 1.99. The number of carboxylic acid groups (broad SMARTS) is 1. The molecule has 15 heavy (non-hydrogen) atoms. The van der Waals surface area contributed by atoms with E-state index in [1.54, 1.807) is 6.92 Å². The molecule has 1 aromatic heterocycles. The van der Waals surface area contributed by atoms with Gasteiger partial charge in [0.2, 0.25) is 0 Å². The summed E-state index contributed by atoms with van der Waals surface area (Å²) in [5, 5.41) is 17.7. The Morgan fingerprint density at radius 3 is 2.67 bits per heavy atom. The molecule has 0 saturated heterocycles. The molecule has 3 N–H and O–H groups in total. The lowest BCUT2D eigenvalue weighted by Crippen LogP contribution is -2.43. The Hall–Kier alpha value is -1.85. The van der Waals surface area contributed by atoms with E-state index in [0.29, 0.717) is 24.1 Å². The molecule has 0 unspecified atom stereocenters. The van der Waals surface area contributed by atoms with E-state index in [9.17, 15) is 9.59 Å². The van der Waals surface area contributed by atoms with Crippen molar-refractivity contribution in [3.05, 3.63) is 17.5 Å². The van der Waals surface area contributed by atoms with Gasteiger partial charge in [-0.3, -0.25) is 9.89 Å². The van der Waals surface area contributed by atoms with Gasteiger partial charge in [-0.05, 0) is 19.8 Å². The Bertz CT molecular complexity index is 420. The molecule has 1 fully saturated rings. The highest BCUT2D eigenvalue weighted by Gasteiger charge is 2.51. The molecule has 1 aromatic rings. The number of aryl methyl sites for hydroxylation is 1. The third kappa shape index (κ3) is 1.58. The standard InChI is InChI=1S/C9H11N3O3/c1-5-6(4-10-12-5)7(13)11-9(2-3-9)8(14)15/h4H,2-3H2,1H3,(H,10,12)(H,11,13)(H,14,15). The first kappa shape index (κ1) is 9.70. The van der Waals surface area contributed by atoms with Crippen molar-refractivity contribution < 1.29 is 14.7 Å². The lowest BCUT2D eigenvalue weighted by atomic mass is 10.2. The van der Waals surface area contributed by atoms with Crippen LogP contribution in [-0.4, -0.2) is 32.7 Å². The average molecular weight is 209 g/mol. The second-order valence-electron chi connectivity index (χ2n) is 3.75. The zero-order chi connectivity index (χ0) is 11.1. The van der Waals surface area contributed by atoms with Crippen LogP contribution < -0.4 is 5.32 Å². The zero-order valence-corrected chi connectivity index (χ0v) is 8.20. The highest BCUT2D eigenvalue weighted by molar-refractivity contribution is 5.99. The number of aromatic nitrogens is 2. The fourth-order valence-corrected chi connectivity index (χ4v) is 1.38. The van der Waals surface area contributed by atoms with Crippen LogP contribution in [-0.2, 0) is 4.79 Å². The summed E-state index contributed by atoms with van der Waals surface area (Å²) in [5.41, 5.74) is -0.0166. The normalized spacial score (nSPS) is 17.1. The zero-order valence-electron chi connectivity index (χ0n) is 8.20. The van der Waals surface area contributed by atoms with Crippen LogP contribution >= 0.6 is 0 Å². The molecule has 1 aliphatic rings. The lowest BCUT2D eigenvalue weighted by molar-refractivity contribution is -0.140. The minimum absolute atomic E-state index is 0.388. The summed E-state index contributed by atoms with van der Waals surface area (Å²) in [6.45, 7) is 1.71. The number of amides is 1. The van der Waals surface area contributed by atoms with E-state index in [2.05, 4.69) is 15.5 Å². The number of H-pyrrole nitrogens is 1. The molecule has 0 atom stereocenters. The number of carbonyl (C=O) groups is 2. The average Bonchev–Trinajstić information content (AvgIpc) is 2.82. The Labute approximate surface area is 85.7 Å². The number of hydrogen-bond acceptors (Lipinski definition) is 3. The number of hydrogen-bond donors (Lipinski definition) is 3. The molecule has 0 spiro atoms. The van der Waals surface area contributed by atoms with Crippen LogP contribution in [0.5, 0.6) is 0 Å². The van der Waals surface area contributed by atoms with Crippen LogP contribution in [0.25, 0.3) is 0 Å². The van der Waals surface area contributed by atoms with Crippen molar-refractivity contribution in [2.45, 2.75) is 25.3 Å². The van der Waals surface area contributed by atoms with E-state index in [1.807, 2.05) is 0 Å². The minimum Gasteiger partial charge on any atom is -0.480 e. The summed E-state index contributed by atoms with van der Waals surface area (Å²) in [5.74, 6) is -1.36. The number of nitrogens with zero attached hydrogens (tertiary/aromatic N) is 1. The molecule has 6 nitrogen and oxygen atoms in total. The van der Waals surface area contributed by atoms with Gasteiger partial charge < -0.3 is 10.4 Å². The quantitative estimate of drug-likeness (QED) is 0.656. The first-order valence-corrected chi connectivity index (χ1v) is 4.61. The second kappa shape index (κ2) is 3.08. The van der Waals surface area contributed by atoms with Gasteiger partial charge in [-0.25, -0.2) is 4.79 Å². The molecule has 80 valence electrons. The molecular weight excluding hydrogens is 198 g/mol. The highest BCUT2D eigenvalue weighted by atomic mass is 16.4. The van der Waals surface area contributed by atoms with Crippen molar-refractivity contribution in [3.8, 4) is 0 Å². The largest absolute Gasteiger partial charge is 0.480 e. The van der Waals surface area contributed by atoms with E-state index < -0.39 is 11.5 Å². The van der Waals surface area contributed by atoms with Gasteiger partial charge in [0.1, 0.15) is 5.54 Å². The van der Waals surface area contributed by atoms with Gasteiger partial charge >= 0.3 is 5.97 Å². The predicted octanol–water partition coefficient (Wildman–Crippen LogP) is 0.0651. The van der Waals surface area contributed by atoms with E-state index in [4.69, 9.17) is 5.11 Å². The lowest BCUT2D eigenvalue weighted by Gasteiger charge is -2.11. The smallest absolute Gasteiger partial charge is 0.329 e. The first-order chi connectivity index (χ1) is 7.05. The van der Waals surface area contributed by atoms with Gasteiger partial charge in [-0.1, -0.05) is 0 Å². The maximum Gasteiger partial charge on any atom is 0.329 e. The molecule has 0 aromatic carbocycles. The Balaban J connectivity index is 2.11. The molecular formula is C9H11N3O3. The van der Waals surface area contributed by atoms with Gasteiger partial charge in [-0.2, -0.15) is 5.10 Å². The van der Waals surface area contributed by atoms with E-state index in [-0.39, 0.29) is 5.91 Å². The van der Waals surface area contributed by atoms with Gasteiger partial charge in [0, 0.05) is 5.69 Å². The van der Waals surface area contributed by atoms with E-state index >= 15 is 0 Å². The second-order valence-corrected chi connectivity index (χ2v) is 3.75. The van der Waals surface area contributed by atoms with Crippen LogP contribution in [0, 0.1) is 6.92 Å². The molecule has 0 bridgehead atoms. The number of carboxylic acids is 1. The first-order valence-electron chi connectivity index (χ1n) is 4.61. The number of carbonyl (C=O) groups excluding carboxylic acids is 1. The summed E-state index contributed by atoms with van der Waals surface area (Å²) < 4.78 is 0. The third-order valence-corrected chi connectivity index (χ3v) is 2.59. The van der Waals surface area contributed by atoms with Crippen LogP contribution in [0.15, 0.2) is 6.20 Å². The van der Waals surface area contributed by atoms with Crippen molar-refractivity contribution in [1.29, 1.82) is 0 Å². The summed E-state index contributed by atoms with van der Waals surface area (Å²) in [6.07, 6.45) is 2.37. The summed E-state index contributed by atoms with van der Waals surface area (Å²) >= 11 is 0. The monoisotopic (exact) mass is 209 g/mol. The van der Waals surface area contributed by atoms with Crippen LogP contribution in [0.4, 0.5) is 0 Å². The fraction of sp³-hybridized carbons (Fsp3) is 0.444. The SMILES string of the molecule is Cc1[nH]ncc1C(=O)NC1(C(=O)O)CC1. The number of aromatic amines is 1. The summed E-state index contributed by atoms with van der Waals surface area (Å²) in [6, 6.07) is 0. The topological polar surface area (TPSA) is 95.1 Å². The number of nitrogens with one attached hydrogen (secondary N) is 2. The van der Waals surface area contributed by atoms with Gasteiger partial charge in [0.15, 0.2) is 0 Å². The highest BCUT2D eigenvalue weighted by Crippen LogP contribution is 2.35. The van der Waals surface area contributed by atoms with Gasteiger partial charge in [0.05, 0.1) is 11.8 Å². The maximum atomic E-state index is 11.7. The van der Waals surface area contributed by atoms with Crippen LogP contribution in [0.1, 0.15) is 28.9 Å². The van der Waals surface area contributed by atoms with E-state index in [0.717, 1.165) is 0 Å². The molecule has 1 amide bonds. The molecule has 6 heteroatoms. The van der Waals surface area contributed by atoms with Gasteiger partial charge in [-0.15, -0.1) is 0 Å². The molecule has 0 radical (unpaired) electrons. The molecule has 1 heterocycles. The summed E-state index contributed by atoms with van der Waals surface area (Å²) in [4.78, 5) is 22.5.